The summed E-state index contributed by atoms with van der Waals surface area (Å²) in [4.78, 5) is 15.3. The Kier molecular flexibility index (Phi) is 6.55. The van der Waals surface area contributed by atoms with Gasteiger partial charge < -0.3 is 5.32 Å². The van der Waals surface area contributed by atoms with Crippen LogP contribution in [0.15, 0.2) is 30.5 Å². The molecule has 2 heterocycles. The van der Waals surface area contributed by atoms with Gasteiger partial charge in [0, 0.05) is 41.7 Å². The smallest absolute Gasteiger partial charge is 0.350 e. The largest absolute Gasteiger partial charge is 0.434 e. The van der Waals surface area contributed by atoms with E-state index in [9.17, 15) is 18.0 Å². The van der Waals surface area contributed by atoms with E-state index in [1.54, 1.807) is 12.1 Å². The van der Waals surface area contributed by atoms with Crippen molar-refractivity contribution < 1.29 is 18.0 Å². The van der Waals surface area contributed by atoms with Crippen molar-refractivity contribution in [2.45, 2.75) is 37.4 Å². The SMILES string of the molecule is O=C(NCC1(N2CCSCC2)CCCC1)c1cnn(-c2cccc(Cl)c2)c1C(F)(F)F. The van der Waals surface area contributed by atoms with Crippen molar-refractivity contribution >= 4 is 29.3 Å². The van der Waals surface area contributed by atoms with Gasteiger partial charge in [0.05, 0.1) is 17.4 Å². The molecule has 0 spiro atoms. The predicted octanol–water partition coefficient (Wildman–Crippen LogP) is 4.64. The number of hydrogen-bond donors (Lipinski definition) is 1. The summed E-state index contributed by atoms with van der Waals surface area (Å²) < 4.78 is 42.5. The summed E-state index contributed by atoms with van der Waals surface area (Å²) in [5.41, 5.74) is -1.59. The van der Waals surface area contributed by atoms with Crippen molar-refractivity contribution in [1.29, 1.82) is 0 Å². The molecule has 0 atom stereocenters. The lowest BCUT2D eigenvalue weighted by molar-refractivity contribution is -0.143. The van der Waals surface area contributed by atoms with E-state index in [1.165, 1.54) is 12.1 Å². The van der Waals surface area contributed by atoms with E-state index in [-0.39, 0.29) is 16.2 Å². The average Bonchev–Trinajstić information content (AvgIpc) is 3.41. The Hall–Kier alpha value is -1.71. The maximum atomic E-state index is 13.9. The minimum absolute atomic E-state index is 0.150. The van der Waals surface area contributed by atoms with Crippen LogP contribution < -0.4 is 5.32 Å². The van der Waals surface area contributed by atoms with Crippen LogP contribution >= 0.6 is 23.4 Å². The molecule has 2 aliphatic rings. The monoisotopic (exact) mass is 472 g/mol. The van der Waals surface area contributed by atoms with Gasteiger partial charge in [0.15, 0.2) is 5.69 Å². The van der Waals surface area contributed by atoms with Crippen molar-refractivity contribution in [2.24, 2.45) is 0 Å². The van der Waals surface area contributed by atoms with E-state index < -0.39 is 23.3 Å². The highest BCUT2D eigenvalue weighted by Gasteiger charge is 2.43. The molecular weight excluding hydrogens is 449 g/mol. The maximum absolute atomic E-state index is 13.9. The molecule has 2 fully saturated rings. The van der Waals surface area contributed by atoms with Crippen molar-refractivity contribution in [3.63, 3.8) is 0 Å². The van der Waals surface area contributed by atoms with Crippen LogP contribution in [0.2, 0.25) is 5.02 Å². The molecule has 31 heavy (non-hydrogen) atoms. The highest BCUT2D eigenvalue weighted by Crippen LogP contribution is 2.37. The number of nitrogens with zero attached hydrogens (tertiary/aromatic N) is 3. The molecule has 1 N–H and O–H groups in total. The normalized spacial score (nSPS) is 19.5. The number of carbonyl (C=O) groups excluding carboxylic acids is 1. The van der Waals surface area contributed by atoms with E-state index in [0.29, 0.717) is 6.54 Å². The van der Waals surface area contributed by atoms with Crippen molar-refractivity contribution in [1.82, 2.24) is 20.0 Å². The number of aromatic nitrogens is 2. The summed E-state index contributed by atoms with van der Waals surface area (Å²) in [6.07, 6.45) is 0.274. The number of amides is 1. The number of benzene rings is 1. The van der Waals surface area contributed by atoms with E-state index in [4.69, 9.17) is 11.6 Å². The summed E-state index contributed by atoms with van der Waals surface area (Å²) >= 11 is 7.84. The molecule has 1 aliphatic carbocycles. The molecule has 2 aromatic rings. The summed E-state index contributed by atoms with van der Waals surface area (Å²) in [5, 5.41) is 6.95. The van der Waals surface area contributed by atoms with E-state index in [0.717, 1.165) is 61.2 Å². The first-order valence-corrected chi connectivity index (χ1v) is 11.9. The molecular formula is C21H24ClF3N4OS. The molecule has 5 nitrogen and oxygen atoms in total. The summed E-state index contributed by atoms with van der Waals surface area (Å²) in [7, 11) is 0. The lowest BCUT2D eigenvalue weighted by atomic mass is 9.94. The highest BCUT2D eigenvalue weighted by molar-refractivity contribution is 7.99. The number of hydrogen-bond acceptors (Lipinski definition) is 4. The Labute approximate surface area is 188 Å². The molecule has 10 heteroatoms. The molecule has 168 valence electrons. The van der Waals surface area contributed by atoms with Gasteiger partial charge in [0.1, 0.15) is 0 Å². The predicted molar refractivity (Wildman–Crippen MR) is 116 cm³/mol. The van der Waals surface area contributed by atoms with Gasteiger partial charge in [-0.25, -0.2) is 4.68 Å². The minimum Gasteiger partial charge on any atom is -0.350 e. The third-order valence-electron chi connectivity index (χ3n) is 6.13. The van der Waals surface area contributed by atoms with Crippen molar-refractivity contribution in [3.8, 4) is 5.69 Å². The maximum Gasteiger partial charge on any atom is 0.434 e. The first-order valence-electron chi connectivity index (χ1n) is 10.3. The standard InChI is InChI=1S/C21H24ClF3N4OS/c22-15-4-3-5-16(12-15)29-18(21(23,24)25)17(13-27-29)19(30)26-14-20(6-1-2-7-20)28-8-10-31-11-9-28/h3-5,12-13H,1-2,6-11,14H2,(H,26,30). The Balaban J connectivity index is 1.58. The molecule has 0 bridgehead atoms. The van der Waals surface area contributed by atoms with Gasteiger partial charge in [-0.15, -0.1) is 0 Å². The van der Waals surface area contributed by atoms with E-state index in [2.05, 4.69) is 15.3 Å². The van der Waals surface area contributed by atoms with Crippen LogP contribution in [0.5, 0.6) is 0 Å². The third kappa shape index (κ3) is 4.73. The summed E-state index contributed by atoms with van der Waals surface area (Å²) in [6.45, 7) is 2.23. The second-order valence-corrected chi connectivity index (χ2v) is 9.67. The quantitative estimate of drug-likeness (QED) is 0.689. The fraction of sp³-hybridized carbons (Fsp3) is 0.524. The van der Waals surface area contributed by atoms with Crippen LogP contribution in [-0.4, -0.2) is 57.3 Å². The third-order valence-corrected chi connectivity index (χ3v) is 7.31. The topological polar surface area (TPSA) is 50.2 Å². The van der Waals surface area contributed by atoms with Gasteiger partial charge in [-0.05, 0) is 31.0 Å². The van der Waals surface area contributed by atoms with Gasteiger partial charge in [-0.1, -0.05) is 30.5 Å². The van der Waals surface area contributed by atoms with Gasteiger partial charge in [0.25, 0.3) is 5.91 Å². The van der Waals surface area contributed by atoms with Crippen molar-refractivity contribution in [2.75, 3.05) is 31.1 Å². The van der Waals surface area contributed by atoms with Gasteiger partial charge in [-0.3, -0.25) is 9.69 Å². The first kappa shape index (κ1) is 22.5. The lowest BCUT2D eigenvalue weighted by Crippen LogP contribution is -2.56. The molecule has 0 unspecified atom stereocenters. The fourth-order valence-electron chi connectivity index (χ4n) is 4.61. The van der Waals surface area contributed by atoms with Gasteiger partial charge in [-0.2, -0.15) is 30.0 Å². The summed E-state index contributed by atoms with van der Waals surface area (Å²) in [6, 6.07) is 5.96. The average molecular weight is 473 g/mol. The fourth-order valence-corrected chi connectivity index (χ4v) is 5.69. The van der Waals surface area contributed by atoms with Crippen molar-refractivity contribution in [3.05, 3.63) is 46.7 Å². The van der Waals surface area contributed by atoms with Crippen LogP contribution in [0.25, 0.3) is 5.69 Å². The lowest BCUT2D eigenvalue weighted by Gasteiger charge is -2.43. The molecule has 1 saturated heterocycles. The highest BCUT2D eigenvalue weighted by atomic mass is 35.5. The first-order chi connectivity index (χ1) is 14.8. The number of alkyl halides is 3. The molecule has 1 aromatic heterocycles. The summed E-state index contributed by atoms with van der Waals surface area (Å²) in [5.74, 6) is 1.33. The Bertz CT molecular complexity index is 937. The van der Waals surface area contributed by atoms with Crippen LogP contribution in [0.4, 0.5) is 13.2 Å². The zero-order chi connectivity index (χ0) is 22.1. The van der Waals surface area contributed by atoms with Crippen LogP contribution in [0.3, 0.4) is 0 Å². The van der Waals surface area contributed by atoms with E-state index in [1.807, 2.05) is 11.8 Å². The number of thioether (sulfide) groups is 1. The van der Waals surface area contributed by atoms with Gasteiger partial charge in [0.2, 0.25) is 0 Å². The number of halogens is 4. The van der Waals surface area contributed by atoms with Crippen LogP contribution in [0, 0.1) is 0 Å². The molecule has 4 rings (SSSR count). The van der Waals surface area contributed by atoms with Crippen LogP contribution in [0.1, 0.15) is 41.7 Å². The second-order valence-electron chi connectivity index (χ2n) is 8.01. The Morgan fingerprint density at radius 3 is 2.58 bits per heavy atom. The minimum atomic E-state index is -4.75. The molecule has 1 aromatic carbocycles. The van der Waals surface area contributed by atoms with Gasteiger partial charge >= 0.3 is 6.18 Å². The number of rotatable bonds is 5. The Morgan fingerprint density at radius 2 is 1.94 bits per heavy atom. The van der Waals surface area contributed by atoms with E-state index >= 15 is 0 Å². The molecule has 1 amide bonds. The molecule has 0 radical (unpaired) electrons. The second kappa shape index (κ2) is 9.03. The molecule has 1 saturated carbocycles. The molecule has 1 aliphatic heterocycles. The number of nitrogens with one attached hydrogen (secondary N) is 1. The van der Waals surface area contributed by atoms with Crippen LogP contribution in [-0.2, 0) is 6.18 Å². The zero-order valence-electron chi connectivity index (χ0n) is 16.9. The number of carbonyl (C=O) groups is 1. The zero-order valence-corrected chi connectivity index (χ0v) is 18.5. The Morgan fingerprint density at radius 1 is 1.23 bits per heavy atom.